The van der Waals surface area contributed by atoms with Crippen molar-refractivity contribution in [1.82, 2.24) is 10.2 Å². The number of carbonyl (C=O) groups excluding carboxylic acids is 4. The molecule has 0 unspecified atom stereocenters. The summed E-state index contributed by atoms with van der Waals surface area (Å²) in [7, 11) is 0. The highest BCUT2D eigenvalue weighted by molar-refractivity contribution is 5.94. The average molecular weight is 331 g/mol. The Hall–Kier alpha value is -3.16. The van der Waals surface area contributed by atoms with Gasteiger partial charge in [-0.1, -0.05) is 24.3 Å². The lowest BCUT2D eigenvalue weighted by Gasteiger charge is -2.32. The summed E-state index contributed by atoms with van der Waals surface area (Å²) in [6.45, 7) is 0.781. The summed E-state index contributed by atoms with van der Waals surface area (Å²) in [6.07, 6.45) is 3.28. The fourth-order valence-corrected chi connectivity index (χ4v) is 2.45. The van der Waals surface area contributed by atoms with Crippen LogP contribution in [0, 0.1) is 0 Å². The van der Waals surface area contributed by atoms with Gasteiger partial charge in [-0.2, -0.15) is 0 Å². The summed E-state index contributed by atoms with van der Waals surface area (Å²) in [5, 5.41) is 1.79. The van der Waals surface area contributed by atoms with E-state index in [0.29, 0.717) is 0 Å². The normalized spacial score (nSPS) is 15.4. The quantitative estimate of drug-likeness (QED) is 0.787. The first kappa shape index (κ1) is 17.2. The highest BCUT2D eigenvalue weighted by Crippen LogP contribution is 2.32. The Morgan fingerprint density at radius 1 is 1.25 bits per heavy atom. The number of rotatable bonds is 4. The van der Waals surface area contributed by atoms with E-state index in [4.69, 9.17) is 10.5 Å². The van der Waals surface area contributed by atoms with Crippen molar-refractivity contribution >= 4 is 29.9 Å². The van der Waals surface area contributed by atoms with E-state index in [-0.39, 0.29) is 12.3 Å². The van der Waals surface area contributed by atoms with Crippen molar-refractivity contribution < 1.29 is 23.9 Å². The summed E-state index contributed by atoms with van der Waals surface area (Å²) >= 11 is 0. The summed E-state index contributed by atoms with van der Waals surface area (Å²) in [4.78, 5) is 47.0. The molecule has 24 heavy (non-hydrogen) atoms. The second-order valence-corrected chi connectivity index (χ2v) is 5.16. The first-order valence-corrected chi connectivity index (χ1v) is 7.19. The van der Waals surface area contributed by atoms with E-state index >= 15 is 0 Å². The lowest BCUT2D eigenvalue weighted by atomic mass is 9.94. The van der Waals surface area contributed by atoms with Gasteiger partial charge in [-0.25, -0.2) is 4.79 Å². The molecule has 0 saturated heterocycles. The van der Waals surface area contributed by atoms with Gasteiger partial charge >= 0.3 is 12.0 Å². The zero-order valence-electron chi connectivity index (χ0n) is 13.0. The third kappa shape index (κ3) is 4.19. The maximum absolute atomic E-state index is 12.0. The largest absolute Gasteiger partial charge is 0.455 e. The van der Waals surface area contributed by atoms with Gasteiger partial charge in [0.2, 0.25) is 5.91 Å². The van der Waals surface area contributed by atoms with E-state index in [1.54, 1.807) is 17.6 Å². The van der Waals surface area contributed by atoms with Crippen LogP contribution in [0.2, 0.25) is 0 Å². The van der Waals surface area contributed by atoms with Gasteiger partial charge < -0.3 is 15.4 Å². The Bertz CT molecular complexity index is 713. The molecule has 0 saturated carbocycles. The standard InChI is InChI=1S/C16H17N3O5/c1-10(20)19-7-6-11-4-2-3-5-12(11)13(19)8-15(22)24-9-14(21)18-16(17)23/h2-7,13H,8-9H2,1H3,(H3,17,18,21,23)/t13-/m1/s1. The number of hydrogen-bond acceptors (Lipinski definition) is 5. The predicted octanol–water partition coefficient (Wildman–Crippen LogP) is 0.689. The molecule has 0 radical (unpaired) electrons. The number of imide groups is 1. The minimum atomic E-state index is -1.02. The lowest BCUT2D eigenvalue weighted by molar-refractivity contribution is -0.149. The van der Waals surface area contributed by atoms with Gasteiger partial charge in [-0.15, -0.1) is 0 Å². The smallest absolute Gasteiger partial charge is 0.318 e. The molecule has 2 rings (SSSR count). The maximum Gasteiger partial charge on any atom is 0.318 e. The van der Waals surface area contributed by atoms with Crippen molar-refractivity contribution in [2.75, 3.05) is 6.61 Å². The Morgan fingerprint density at radius 2 is 1.96 bits per heavy atom. The number of amides is 4. The molecular weight excluding hydrogens is 314 g/mol. The van der Waals surface area contributed by atoms with Gasteiger partial charge in [0.25, 0.3) is 5.91 Å². The summed E-state index contributed by atoms with van der Waals surface area (Å²) < 4.78 is 4.83. The van der Waals surface area contributed by atoms with Crippen LogP contribution in [0.5, 0.6) is 0 Å². The van der Waals surface area contributed by atoms with Gasteiger partial charge in [-0.05, 0) is 17.2 Å². The zero-order valence-corrected chi connectivity index (χ0v) is 13.0. The van der Waals surface area contributed by atoms with E-state index in [1.807, 2.05) is 24.3 Å². The van der Waals surface area contributed by atoms with Crippen molar-refractivity contribution in [3.63, 3.8) is 0 Å². The number of esters is 1. The van der Waals surface area contributed by atoms with E-state index in [1.165, 1.54) is 11.8 Å². The number of urea groups is 1. The number of ether oxygens (including phenoxy) is 1. The van der Waals surface area contributed by atoms with E-state index in [0.717, 1.165) is 11.1 Å². The molecule has 1 aromatic carbocycles. The van der Waals surface area contributed by atoms with Gasteiger partial charge in [0.05, 0.1) is 12.5 Å². The Morgan fingerprint density at radius 3 is 2.62 bits per heavy atom. The maximum atomic E-state index is 12.0. The van der Waals surface area contributed by atoms with Gasteiger partial charge in [0.1, 0.15) is 0 Å². The molecule has 0 spiro atoms. The number of fused-ring (bicyclic) bond motifs is 1. The van der Waals surface area contributed by atoms with Gasteiger partial charge in [0, 0.05) is 13.1 Å². The van der Waals surface area contributed by atoms with Crippen LogP contribution in [0.15, 0.2) is 30.5 Å². The third-order valence-electron chi connectivity index (χ3n) is 3.46. The van der Waals surface area contributed by atoms with Crippen LogP contribution < -0.4 is 11.1 Å². The third-order valence-corrected chi connectivity index (χ3v) is 3.46. The monoisotopic (exact) mass is 331 g/mol. The van der Waals surface area contributed by atoms with Crippen molar-refractivity contribution in [2.45, 2.75) is 19.4 Å². The second kappa shape index (κ2) is 7.40. The zero-order chi connectivity index (χ0) is 17.7. The van der Waals surface area contributed by atoms with Crippen molar-refractivity contribution in [3.05, 3.63) is 41.6 Å². The summed E-state index contributed by atoms with van der Waals surface area (Å²) in [5.74, 6) is -1.70. The topological polar surface area (TPSA) is 119 Å². The van der Waals surface area contributed by atoms with E-state index in [2.05, 4.69) is 0 Å². The molecular formula is C16H17N3O5. The minimum Gasteiger partial charge on any atom is -0.455 e. The van der Waals surface area contributed by atoms with Crippen LogP contribution in [0.25, 0.3) is 6.08 Å². The lowest BCUT2D eigenvalue weighted by Crippen LogP contribution is -2.38. The highest BCUT2D eigenvalue weighted by Gasteiger charge is 2.28. The SMILES string of the molecule is CC(=O)N1C=Cc2ccccc2[C@H]1CC(=O)OCC(=O)NC(N)=O. The fourth-order valence-electron chi connectivity index (χ4n) is 2.45. The number of nitrogens with two attached hydrogens (primary N) is 1. The first-order valence-electron chi connectivity index (χ1n) is 7.19. The second-order valence-electron chi connectivity index (χ2n) is 5.16. The number of benzene rings is 1. The van der Waals surface area contributed by atoms with Gasteiger partial charge in [-0.3, -0.25) is 19.7 Å². The fraction of sp³-hybridized carbons (Fsp3) is 0.250. The van der Waals surface area contributed by atoms with Crippen LogP contribution in [-0.2, 0) is 19.1 Å². The molecule has 1 heterocycles. The minimum absolute atomic E-state index is 0.120. The molecule has 8 nitrogen and oxygen atoms in total. The molecule has 8 heteroatoms. The summed E-state index contributed by atoms with van der Waals surface area (Å²) in [6, 6.07) is 5.83. The number of nitrogens with one attached hydrogen (secondary N) is 1. The van der Waals surface area contributed by atoms with Crippen LogP contribution in [0.4, 0.5) is 4.79 Å². The molecule has 4 amide bonds. The van der Waals surface area contributed by atoms with Crippen LogP contribution in [0.3, 0.4) is 0 Å². The number of hydrogen-bond donors (Lipinski definition) is 2. The van der Waals surface area contributed by atoms with E-state index in [9.17, 15) is 19.2 Å². The van der Waals surface area contributed by atoms with E-state index < -0.39 is 30.6 Å². The Kier molecular flexibility index (Phi) is 5.31. The summed E-state index contributed by atoms with van der Waals surface area (Å²) in [5.41, 5.74) is 6.51. The Labute approximate surface area is 138 Å². The van der Waals surface area contributed by atoms with Gasteiger partial charge in [0.15, 0.2) is 6.61 Å². The van der Waals surface area contributed by atoms with Crippen LogP contribution in [0.1, 0.15) is 30.5 Å². The van der Waals surface area contributed by atoms with Crippen LogP contribution >= 0.6 is 0 Å². The number of nitrogens with zero attached hydrogens (tertiary/aromatic N) is 1. The molecule has 3 N–H and O–H groups in total. The molecule has 1 atom stereocenters. The molecule has 1 aromatic rings. The molecule has 0 bridgehead atoms. The van der Waals surface area contributed by atoms with Crippen molar-refractivity contribution in [3.8, 4) is 0 Å². The van der Waals surface area contributed by atoms with Crippen molar-refractivity contribution in [2.24, 2.45) is 5.73 Å². The molecule has 0 aliphatic carbocycles. The van der Waals surface area contributed by atoms with Crippen LogP contribution in [-0.4, -0.2) is 35.3 Å². The molecule has 0 aromatic heterocycles. The molecule has 0 fully saturated rings. The average Bonchev–Trinajstić information content (AvgIpc) is 2.52. The number of carbonyl (C=O) groups is 4. The molecule has 1 aliphatic rings. The highest BCUT2D eigenvalue weighted by atomic mass is 16.5. The van der Waals surface area contributed by atoms with Crippen molar-refractivity contribution in [1.29, 1.82) is 0 Å². The molecule has 1 aliphatic heterocycles. The molecule has 126 valence electrons. The Balaban J connectivity index is 2.06. The number of primary amides is 1. The predicted molar refractivity (Wildman–Crippen MR) is 84.0 cm³/mol. The first-order chi connectivity index (χ1) is 11.4.